The molecule has 2 aromatic heterocycles. The number of Topliss-reactive ketones (excluding diaryl/α,β-unsaturated/α-hetero) is 2. The van der Waals surface area contributed by atoms with Crippen LogP contribution in [-0.4, -0.2) is 60.6 Å². The summed E-state index contributed by atoms with van der Waals surface area (Å²) in [5, 5.41) is 18.5. The fourth-order valence-electron chi connectivity index (χ4n) is 4.76. The Bertz CT molecular complexity index is 1830. The van der Waals surface area contributed by atoms with Crippen LogP contribution in [0.4, 0.5) is 8.78 Å². The second-order valence-corrected chi connectivity index (χ2v) is 13.3. The molecule has 252 valence electrons. The van der Waals surface area contributed by atoms with Gasteiger partial charge in [0.15, 0.2) is 46.2 Å². The molecule has 0 aliphatic carbocycles. The number of ether oxygens (including phenoxy) is 4. The average molecular weight is 693 g/mol. The Kier molecular flexibility index (Phi) is 11.4. The van der Waals surface area contributed by atoms with Crippen molar-refractivity contribution < 1.29 is 57.1 Å². The fraction of sp³-hybridized carbons (Fsp3) is 0.394. The molecule has 10 nitrogen and oxygen atoms in total. The van der Waals surface area contributed by atoms with Crippen LogP contribution in [0.1, 0.15) is 65.8 Å². The van der Waals surface area contributed by atoms with E-state index in [1.807, 2.05) is 0 Å². The molecule has 2 N–H and O–H groups in total. The van der Waals surface area contributed by atoms with E-state index in [0.717, 1.165) is 22.7 Å². The number of aliphatic carboxylic acids is 2. The van der Waals surface area contributed by atoms with E-state index in [2.05, 4.69) is 0 Å². The number of fused-ring (bicyclic) bond motifs is 2. The molecule has 3 unspecified atom stereocenters. The number of thiophene rings is 2. The van der Waals surface area contributed by atoms with Gasteiger partial charge in [0.05, 0.1) is 48.5 Å². The Labute approximate surface area is 276 Å². The first-order valence-corrected chi connectivity index (χ1v) is 16.3. The Morgan fingerprint density at radius 1 is 0.745 bits per heavy atom. The van der Waals surface area contributed by atoms with E-state index in [-0.39, 0.29) is 63.0 Å². The number of rotatable bonds is 17. The number of carboxylic acids is 2. The number of carbonyl (C=O) groups is 4. The summed E-state index contributed by atoms with van der Waals surface area (Å²) in [6, 6.07) is 5.89. The van der Waals surface area contributed by atoms with E-state index in [9.17, 15) is 19.2 Å². The Morgan fingerprint density at radius 2 is 1.19 bits per heavy atom. The molecular weight excluding hydrogens is 658 g/mol. The average Bonchev–Trinajstić information content (AvgIpc) is 3.66. The second kappa shape index (κ2) is 15.1. The van der Waals surface area contributed by atoms with Gasteiger partial charge in [-0.3, -0.25) is 19.2 Å². The van der Waals surface area contributed by atoms with E-state index in [4.69, 9.17) is 29.2 Å². The molecule has 0 bridgehead atoms. The summed E-state index contributed by atoms with van der Waals surface area (Å²) in [7, 11) is 2.72. The van der Waals surface area contributed by atoms with Crippen LogP contribution in [0.2, 0.25) is 0 Å². The maximum absolute atomic E-state index is 15.6. The zero-order valence-corrected chi connectivity index (χ0v) is 27.9. The summed E-state index contributed by atoms with van der Waals surface area (Å²) < 4.78 is 54.4. The van der Waals surface area contributed by atoms with Gasteiger partial charge in [-0.25, -0.2) is 8.78 Å². The standard InChI is InChI=1S/C33H34F2O10S2/c1-15(32(38)39)9-20(36)26-11-18-24(46-26)13-22(42-4)30(28(18)34)44-8-6-7-17(3)45-31-23(43-5)14-25-19(29(31)35)12-27(47-25)21(37)10-16(2)33(40)41/h11-17H,6-10H2,1-5H3,(H,38,39)(H,40,41). The van der Waals surface area contributed by atoms with E-state index in [0.29, 0.717) is 22.2 Å². The zero-order chi connectivity index (χ0) is 34.6. The van der Waals surface area contributed by atoms with Crippen molar-refractivity contribution in [2.24, 2.45) is 11.8 Å². The molecule has 4 aromatic rings. The molecule has 0 saturated heterocycles. The first kappa shape index (κ1) is 35.6. The molecule has 0 spiro atoms. The maximum atomic E-state index is 15.6. The molecule has 2 heterocycles. The molecular formula is C33H34F2O10S2. The summed E-state index contributed by atoms with van der Waals surface area (Å²) in [6.45, 7) is 4.64. The Hall–Kier alpha value is -4.30. The fourth-order valence-corrected chi connectivity index (χ4v) is 6.83. The van der Waals surface area contributed by atoms with Crippen LogP contribution in [0.3, 0.4) is 0 Å². The molecule has 0 amide bonds. The van der Waals surface area contributed by atoms with Crippen molar-refractivity contribution in [2.75, 3.05) is 20.8 Å². The Morgan fingerprint density at radius 3 is 1.64 bits per heavy atom. The number of hydrogen-bond acceptors (Lipinski definition) is 10. The third-order valence-corrected chi connectivity index (χ3v) is 9.75. The summed E-state index contributed by atoms with van der Waals surface area (Å²) in [5.41, 5.74) is 0. The van der Waals surface area contributed by atoms with Crippen LogP contribution in [0.15, 0.2) is 24.3 Å². The molecule has 3 atom stereocenters. The molecule has 4 rings (SSSR count). The molecule has 47 heavy (non-hydrogen) atoms. The van der Waals surface area contributed by atoms with Crippen molar-refractivity contribution in [3.05, 3.63) is 45.7 Å². The summed E-state index contributed by atoms with van der Waals surface area (Å²) >= 11 is 2.09. The van der Waals surface area contributed by atoms with Gasteiger partial charge in [-0.1, -0.05) is 13.8 Å². The SMILES string of the molecule is COc1cc2sc(C(=O)CC(C)C(=O)O)cc2c(F)c1OCCCC(C)Oc1c(OC)cc2sc(C(=O)CC(C)C(=O)O)cc2c1F. The highest BCUT2D eigenvalue weighted by molar-refractivity contribution is 7.21. The van der Waals surface area contributed by atoms with Gasteiger partial charge in [0.25, 0.3) is 0 Å². The maximum Gasteiger partial charge on any atom is 0.306 e. The number of benzene rings is 2. The highest BCUT2D eigenvalue weighted by Crippen LogP contribution is 2.42. The molecule has 0 aliphatic rings. The quantitative estimate of drug-likeness (QED) is 0.0837. The van der Waals surface area contributed by atoms with Crippen molar-refractivity contribution in [3.8, 4) is 23.0 Å². The van der Waals surface area contributed by atoms with E-state index >= 15 is 8.78 Å². The van der Waals surface area contributed by atoms with Crippen molar-refractivity contribution >= 4 is 66.4 Å². The number of hydrogen-bond donors (Lipinski definition) is 2. The summed E-state index contributed by atoms with van der Waals surface area (Å²) in [4.78, 5) is 47.9. The third kappa shape index (κ3) is 7.99. The van der Waals surface area contributed by atoms with Gasteiger partial charge in [0, 0.05) is 45.1 Å². The number of ketones is 2. The van der Waals surface area contributed by atoms with Crippen molar-refractivity contribution in [1.29, 1.82) is 0 Å². The second-order valence-electron chi connectivity index (χ2n) is 11.1. The largest absolute Gasteiger partial charge is 0.493 e. The minimum Gasteiger partial charge on any atom is -0.493 e. The summed E-state index contributed by atoms with van der Waals surface area (Å²) in [5.74, 6) is -6.19. The normalized spacial score (nSPS) is 13.3. The van der Waals surface area contributed by atoms with Crippen LogP contribution in [-0.2, 0) is 9.59 Å². The highest BCUT2D eigenvalue weighted by Gasteiger charge is 2.25. The van der Waals surface area contributed by atoms with Gasteiger partial charge in [0.1, 0.15) is 0 Å². The lowest BCUT2D eigenvalue weighted by molar-refractivity contribution is -0.141. The number of carboxylic acid groups (broad SMARTS) is 2. The van der Waals surface area contributed by atoms with Crippen LogP contribution < -0.4 is 18.9 Å². The molecule has 2 aromatic carbocycles. The van der Waals surface area contributed by atoms with Crippen LogP contribution in [0.5, 0.6) is 23.0 Å². The number of carbonyl (C=O) groups excluding carboxylic acids is 2. The van der Waals surface area contributed by atoms with E-state index < -0.39 is 53.1 Å². The van der Waals surface area contributed by atoms with Gasteiger partial charge < -0.3 is 29.2 Å². The van der Waals surface area contributed by atoms with Crippen LogP contribution in [0, 0.1) is 23.5 Å². The smallest absolute Gasteiger partial charge is 0.306 e. The molecule has 0 fully saturated rings. The lowest BCUT2D eigenvalue weighted by atomic mass is 10.0. The number of methoxy groups -OCH3 is 2. The molecule has 14 heteroatoms. The van der Waals surface area contributed by atoms with Gasteiger partial charge in [-0.15, -0.1) is 22.7 Å². The van der Waals surface area contributed by atoms with Crippen LogP contribution >= 0.6 is 22.7 Å². The van der Waals surface area contributed by atoms with Crippen molar-refractivity contribution in [2.45, 2.75) is 52.6 Å². The van der Waals surface area contributed by atoms with Crippen molar-refractivity contribution in [3.63, 3.8) is 0 Å². The molecule has 0 saturated carbocycles. The van der Waals surface area contributed by atoms with Gasteiger partial charge in [-0.2, -0.15) is 0 Å². The van der Waals surface area contributed by atoms with E-state index in [1.165, 1.54) is 40.2 Å². The molecule has 0 radical (unpaired) electrons. The lowest BCUT2D eigenvalue weighted by Gasteiger charge is -2.18. The topological polar surface area (TPSA) is 146 Å². The Balaban J connectivity index is 1.42. The van der Waals surface area contributed by atoms with Gasteiger partial charge in [-0.05, 0) is 31.9 Å². The summed E-state index contributed by atoms with van der Waals surface area (Å²) in [6.07, 6.45) is -0.187. The predicted molar refractivity (Wildman–Crippen MR) is 173 cm³/mol. The third-order valence-electron chi connectivity index (χ3n) is 7.50. The number of halogens is 2. The highest BCUT2D eigenvalue weighted by atomic mass is 32.1. The molecule has 0 aliphatic heterocycles. The van der Waals surface area contributed by atoms with Gasteiger partial charge >= 0.3 is 11.9 Å². The minimum atomic E-state index is -1.09. The van der Waals surface area contributed by atoms with Crippen LogP contribution in [0.25, 0.3) is 20.2 Å². The zero-order valence-electron chi connectivity index (χ0n) is 26.3. The lowest BCUT2D eigenvalue weighted by Crippen LogP contribution is -2.15. The van der Waals surface area contributed by atoms with Crippen molar-refractivity contribution in [1.82, 2.24) is 0 Å². The first-order chi connectivity index (χ1) is 22.2. The monoisotopic (exact) mass is 692 g/mol. The predicted octanol–water partition coefficient (Wildman–Crippen LogP) is 7.62. The van der Waals surface area contributed by atoms with E-state index in [1.54, 1.807) is 19.1 Å². The van der Waals surface area contributed by atoms with Gasteiger partial charge in [0.2, 0.25) is 0 Å². The first-order valence-electron chi connectivity index (χ1n) is 14.7. The minimum absolute atomic E-state index is 0.0575.